The SMILES string of the molecule is CC(C)CNCC1(Cc2ncnn2C(C)C)CC2CC2C1. The molecule has 3 rings (SSSR count). The van der Waals surface area contributed by atoms with Gasteiger partial charge in [-0.3, -0.25) is 0 Å². The highest BCUT2D eigenvalue weighted by Gasteiger charge is 2.53. The number of rotatable bonds is 7. The van der Waals surface area contributed by atoms with Crippen molar-refractivity contribution in [2.75, 3.05) is 13.1 Å². The Labute approximate surface area is 128 Å². The smallest absolute Gasteiger partial charge is 0.138 e. The molecule has 0 aromatic carbocycles. The first kappa shape index (κ1) is 15.0. The fraction of sp³-hybridized carbons (Fsp3) is 0.882. The predicted molar refractivity (Wildman–Crippen MR) is 85.1 cm³/mol. The lowest BCUT2D eigenvalue weighted by atomic mass is 9.79. The summed E-state index contributed by atoms with van der Waals surface area (Å²) in [6.07, 6.45) is 7.05. The minimum absolute atomic E-state index is 0.402. The van der Waals surface area contributed by atoms with Crippen molar-refractivity contribution in [1.29, 1.82) is 0 Å². The van der Waals surface area contributed by atoms with Gasteiger partial charge < -0.3 is 5.32 Å². The van der Waals surface area contributed by atoms with Gasteiger partial charge in [0.25, 0.3) is 0 Å². The zero-order valence-corrected chi connectivity index (χ0v) is 14.0. The first-order valence-electron chi connectivity index (χ1n) is 8.58. The van der Waals surface area contributed by atoms with Gasteiger partial charge in [-0.2, -0.15) is 5.10 Å². The molecule has 0 saturated heterocycles. The van der Waals surface area contributed by atoms with Crippen LogP contribution in [0.3, 0.4) is 0 Å². The van der Waals surface area contributed by atoms with E-state index < -0.39 is 0 Å². The van der Waals surface area contributed by atoms with Gasteiger partial charge in [0, 0.05) is 19.0 Å². The van der Waals surface area contributed by atoms with E-state index in [-0.39, 0.29) is 0 Å². The van der Waals surface area contributed by atoms with Crippen LogP contribution in [0.1, 0.15) is 58.8 Å². The van der Waals surface area contributed by atoms with Crippen molar-refractivity contribution in [3.8, 4) is 0 Å². The molecule has 1 N–H and O–H groups in total. The maximum absolute atomic E-state index is 4.55. The summed E-state index contributed by atoms with van der Waals surface area (Å²) in [5.74, 6) is 3.90. The minimum atomic E-state index is 0.402. The van der Waals surface area contributed by atoms with E-state index in [9.17, 15) is 0 Å². The molecule has 1 aromatic heterocycles. The largest absolute Gasteiger partial charge is 0.316 e. The molecule has 2 unspecified atom stereocenters. The summed E-state index contributed by atoms with van der Waals surface area (Å²) in [5.41, 5.74) is 0.419. The number of fused-ring (bicyclic) bond motifs is 1. The molecule has 0 amide bonds. The molecule has 2 atom stereocenters. The molecule has 0 aliphatic heterocycles. The van der Waals surface area contributed by atoms with Crippen LogP contribution in [0, 0.1) is 23.2 Å². The Morgan fingerprint density at radius 3 is 2.62 bits per heavy atom. The summed E-state index contributed by atoms with van der Waals surface area (Å²) in [5, 5.41) is 8.13. The minimum Gasteiger partial charge on any atom is -0.316 e. The molecule has 0 radical (unpaired) electrons. The quantitative estimate of drug-likeness (QED) is 0.839. The zero-order valence-electron chi connectivity index (χ0n) is 14.0. The molecule has 1 aromatic rings. The summed E-state index contributed by atoms with van der Waals surface area (Å²) in [6.45, 7) is 11.2. The molecule has 0 spiro atoms. The molecule has 0 bridgehead atoms. The Morgan fingerprint density at radius 1 is 1.29 bits per heavy atom. The van der Waals surface area contributed by atoms with Gasteiger partial charge in [0.05, 0.1) is 0 Å². The van der Waals surface area contributed by atoms with E-state index in [1.807, 2.05) is 0 Å². The molecular weight excluding hydrogens is 260 g/mol. The normalized spacial score (nSPS) is 31.1. The maximum atomic E-state index is 4.55. The van der Waals surface area contributed by atoms with Gasteiger partial charge in [-0.25, -0.2) is 9.67 Å². The van der Waals surface area contributed by atoms with Crippen LogP contribution in [0.5, 0.6) is 0 Å². The fourth-order valence-corrected chi connectivity index (χ4v) is 4.15. The van der Waals surface area contributed by atoms with Gasteiger partial charge in [-0.05, 0) is 62.8 Å². The summed E-state index contributed by atoms with van der Waals surface area (Å²) < 4.78 is 2.11. The predicted octanol–water partition coefficient (Wildman–Crippen LogP) is 3.06. The molecule has 4 nitrogen and oxygen atoms in total. The van der Waals surface area contributed by atoms with Crippen molar-refractivity contribution in [3.05, 3.63) is 12.2 Å². The zero-order chi connectivity index (χ0) is 15.0. The number of hydrogen-bond acceptors (Lipinski definition) is 3. The first-order valence-corrected chi connectivity index (χ1v) is 8.58. The van der Waals surface area contributed by atoms with E-state index in [0.29, 0.717) is 11.5 Å². The average Bonchev–Trinajstić information content (AvgIpc) is 2.84. The van der Waals surface area contributed by atoms with Crippen molar-refractivity contribution in [2.24, 2.45) is 23.2 Å². The van der Waals surface area contributed by atoms with E-state index in [1.165, 1.54) is 25.1 Å². The lowest BCUT2D eigenvalue weighted by Crippen LogP contribution is -2.37. The number of nitrogens with one attached hydrogen (secondary N) is 1. The van der Waals surface area contributed by atoms with Crippen molar-refractivity contribution in [2.45, 2.75) is 59.4 Å². The van der Waals surface area contributed by atoms with Gasteiger partial charge >= 0.3 is 0 Å². The van der Waals surface area contributed by atoms with Crippen LogP contribution in [0.25, 0.3) is 0 Å². The molecule has 2 saturated carbocycles. The number of hydrogen-bond donors (Lipinski definition) is 1. The van der Waals surface area contributed by atoms with Crippen LogP contribution in [-0.2, 0) is 6.42 Å². The Morgan fingerprint density at radius 2 is 2.00 bits per heavy atom. The van der Waals surface area contributed by atoms with E-state index in [2.05, 4.69) is 47.8 Å². The van der Waals surface area contributed by atoms with Gasteiger partial charge in [0.2, 0.25) is 0 Å². The molecular formula is C17H30N4. The van der Waals surface area contributed by atoms with E-state index >= 15 is 0 Å². The molecule has 4 heteroatoms. The van der Waals surface area contributed by atoms with Gasteiger partial charge in [0.1, 0.15) is 12.2 Å². The van der Waals surface area contributed by atoms with Crippen molar-refractivity contribution in [3.63, 3.8) is 0 Å². The first-order chi connectivity index (χ1) is 9.99. The van der Waals surface area contributed by atoms with Crippen molar-refractivity contribution >= 4 is 0 Å². The van der Waals surface area contributed by atoms with E-state index in [0.717, 1.165) is 37.3 Å². The fourth-order valence-electron chi connectivity index (χ4n) is 4.15. The third kappa shape index (κ3) is 3.31. The summed E-state index contributed by atoms with van der Waals surface area (Å²) in [4.78, 5) is 4.55. The lowest BCUT2D eigenvalue weighted by Gasteiger charge is -2.31. The second-order valence-electron chi connectivity index (χ2n) is 8.08. The summed E-state index contributed by atoms with van der Waals surface area (Å²) in [7, 11) is 0. The van der Waals surface area contributed by atoms with E-state index in [4.69, 9.17) is 0 Å². The Kier molecular flexibility index (Phi) is 4.08. The van der Waals surface area contributed by atoms with Crippen LogP contribution in [-0.4, -0.2) is 27.9 Å². The second-order valence-corrected chi connectivity index (χ2v) is 8.08. The van der Waals surface area contributed by atoms with Gasteiger partial charge in [0.15, 0.2) is 0 Å². The number of aromatic nitrogens is 3. The maximum Gasteiger partial charge on any atom is 0.138 e. The third-order valence-electron chi connectivity index (χ3n) is 5.18. The Balaban J connectivity index is 1.69. The Bertz CT molecular complexity index is 467. The molecule has 118 valence electrons. The molecule has 2 aliphatic carbocycles. The van der Waals surface area contributed by atoms with Crippen LogP contribution in [0.15, 0.2) is 6.33 Å². The average molecular weight is 290 g/mol. The second kappa shape index (κ2) is 5.71. The topological polar surface area (TPSA) is 42.7 Å². The van der Waals surface area contributed by atoms with Crippen LogP contribution >= 0.6 is 0 Å². The lowest BCUT2D eigenvalue weighted by molar-refractivity contribution is 0.235. The van der Waals surface area contributed by atoms with Crippen molar-refractivity contribution in [1.82, 2.24) is 20.1 Å². The summed E-state index contributed by atoms with van der Waals surface area (Å²) >= 11 is 0. The van der Waals surface area contributed by atoms with Crippen LogP contribution in [0.4, 0.5) is 0 Å². The molecule has 21 heavy (non-hydrogen) atoms. The summed E-state index contributed by atoms with van der Waals surface area (Å²) in [6, 6.07) is 0.402. The standard InChI is InChI=1S/C17H30N4/c1-12(2)9-18-10-17(6-14-5-15(14)7-17)8-16-19-11-20-21(16)13(3)4/h11-15,18H,5-10H2,1-4H3. The molecule has 2 fully saturated rings. The highest BCUT2D eigenvalue weighted by molar-refractivity contribution is 5.08. The van der Waals surface area contributed by atoms with E-state index in [1.54, 1.807) is 6.33 Å². The highest BCUT2D eigenvalue weighted by Crippen LogP contribution is 2.60. The Hall–Kier alpha value is -0.900. The third-order valence-corrected chi connectivity index (χ3v) is 5.18. The molecule has 1 heterocycles. The highest BCUT2D eigenvalue weighted by atomic mass is 15.3. The monoisotopic (exact) mass is 290 g/mol. The number of nitrogens with zero attached hydrogens (tertiary/aromatic N) is 3. The van der Waals surface area contributed by atoms with Crippen molar-refractivity contribution < 1.29 is 0 Å². The van der Waals surface area contributed by atoms with Gasteiger partial charge in [-0.1, -0.05) is 13.8 Å². The molecule has 2 aliphatic rings. The van der Waals surface area contributed by atoms with Crippen LogP contribution < -0.4 is 5.32 Å². The van der Waals surface area contributed by atoms with Crippen LogP contribution in [0.2, 0.25) is 0 Å². The van der Waals surface area contributed by atoms with Gasteiger partial charge in [-0.15, -0.1) is 0 Å².